The van der Waals surface area contributed by atoms with E-state index in [9.17, 15) is 4.79 Å². The van der Waals surface area contributed by atoms with Crippen LogP contribution < -0.4 is 5.73 Å². The lowest BCUT2D eigenvalue weighted by atomic mass is 10.1. The maximum atomic E-state index is 12.7. The molecule has 0 aliphatic carbocycles. The molecular formula is C18H30N2O. The molecular weight excluding hydrogens is 260 g/mol. The van der Waals surface area contributed by atoms with E-state index in [2.05, 4.69) is 13.8 Å². The fourth-order valence-corrected chi connectivity index (χ4v) is 2.46. The SMILES string of the molecule is CCCCCCN(CCCCC)C(=O)c1ccccc1N. The van der Waals surface area contributed by atoms with E-state index in [0.29, 0.717) is 11.3 Å². The van der Waals surface area contributed by atoms with E-state index in [1.54, 1.807) is 6.07 Å². The zero-order valence-electron chi connectivity index (χ0n) is 13.6. The van der Waals surface area contributed by atoms with Crippen LogP contribution in [0.25, 0.3) is 0 Å². The number of rotatable bonds is 10. The van der Waals surface area contributed by atoms with Gasteiger partial charge in [0.25, 0.3) is 5.91 Å². The first kappa shape index (κ1) is 17.5. The van der Waals surface area contributed by atoms with Crippen molar-refractivity contribution in [1.82, 2.24) is 4.90 Å². The number of carbonyl (C=O) groups is 1. The number of hydrogen-bond donors (Lipinski definition) is 1. The van der Waals surface area contributed by atoms with Crippen LogP contribution in [0.3, 0.4) is 0 Å². The summed E-state index contributed by atoms with van der Waals surface area (Å²) >= 11 is 0. The first-order chi connectivity index (χ1) is 10.2. The van der Waals surface area contributed by atoms with Gasteiger partial charge in [0.05, 0.1) is 5.56 Å². The summed E-state index contributed by atoms with van der Waals surface area (Å²) < 4.78 is 0. The molecule has 118 valence electrons. The minimum absolute atomic E-state index is 0.0840. The predicted molar refractivity (Wildman–Crippen MR) is 90.4 cm³/mol. The molecule has 1 aromatic rings. The molecule has 0 aliphatic heterocycles. The molecule has 1 amide bonds. The third-order valence-electron chi connectivity index (χ3n) is 3.79. The predicted octanol–water partition coefficient (Wildman–Crippen LogP) is 4.48. The minimum Gasteiger partial charge on any atom is -0.398 e. The molecule has 3 nitrogen and oxygen atoms in total. The lowest BCUT2D eigenvalue weighted by molar-refractivity contribution is 0.0750. The van der Waals surface area contributed by atoms with Crippen LogP contribution in [0.2, 0.25) is 0 Å². The van der Waals surface area contributed by atoms with Crippen LogP contribution in [0.1, 0.15) is 69.2 Å². The first-order valence-corrected chi connectivity index (χ1v) is 8.34. The summed E-state index contributed by atoms with van der Waals surface area (Å²) in [4.78, 5) is 14.7. The second kappa shape index (κ2) is 10.3. The van der Waals surface area contributed by atoms with Gasteiger partial charge in [-0.05, 0) is 25.0 Å². The van der Waals surface area contributed by atoms with E-state index in [4.69, 9.17) is 5.73 Å². The highest BCUT2D eigenvalue weighted by atomic mass is 16.2. The number of unbranched alkanes of at least 4 members (excludes halogenated alkanes) is 5. The summed E-state index contributed by atoms with van der Waals surface area (Å²) in [5, 5.41) is 0. The smallest absolute Gasteiger partial charge is 0.255 e. The van der Waals surface area contributed by atoms with Crippen molar-refractivity contribution in [2.45, 2.75) is 58.8 Å². The van der Waals surface area contributed by atoms with Gasteiger partial charge in [0.15, 0.2) is 0 Å². The van der Waals surface area contributed by atoms with Crippen LogP contribution in [-0.2, 0) is 0 Å². The van der Waals surface area contributed by atoms with Crippen molar-refractivity contribution in [1.29, 1.82) is 0 Å². The summed E-state index contributed by atoms with van der Waals surface area (Å²) in [5.74, 6) is 0.0840. The molecule has 1 rings (SSSR count). The third-order valence-corrected chi connectivity index (χ3v) is 3.79. The number of nitrogen functional groups attached to an aromatic ring is 1. The molecule has 0 aliphatic rings. The number of nitrogens with two attached hydrogens (primary N) is 1. The van der Waals surface area contributed by atoms with Gasteiger partial charge >= 0.3 is 0 Å². The van der Waals surface area contributed by atoms with Crippen LogP contribution in [0.15, 0.2) is 24.3 Å². The van der Waals surface area contributed by atoms with Crippen LogP contribution in [0.4, 0.5) is 5.69 Å². The van der Waals surface area contributed by atoms with Crippen molar-refractivity contribution >= 4 is 11.6 Å². The quantitative estimate of drug-likeness (QED) is 0.510. The van der Waals surface area contributed by atoms with E-state index in [-0.39, 0.29) is 5.91 Å². The maximum Gasteiger partial charge on any atom is 0.255 e. The Kier molecular flexibility index (Phi) is 8.56. The summed E-state index contributed by atoms with van der Waals surface area (Å²) in [6.45, 7) is 6.07. The number of benzene rings is 1. The average Bonchev–Trinajstić information content (AvgIpc) is 2.49. The Morgan fingerprint density at radius 1 is 0.952 bits per heavy atom. The van der Waals surface area contributed by atoms with Crippen molar-refractivity contribution in [2.24, 2.45) is 0 Å². The van der Waals surface area contributed by atoms with Crippen molar-refractivity contribution in [3.05, 3.63) is 29.8 Å². The number of nitrogens with zero attached hydrogens (tertiary/aromatic N) is 1. The second-order valence-corrected chi connectivity index (χ2v) is 5.65. The van der Waals surface area contributed by atoms with Gasteiger partial charge in [-0.25, -0.2) is 0 Å². The van der Waals surface area contributed by atoms with Gasteiger partial charge in [0.1, 0.15) is 0 Å². The highest BCUT2D eigenvalue weighted by Crippen LogP contribution is 2.15. The molecule has 0 fully saturated rings. The molecule has 0 saturated heterocycles. The van der Waals surface area contributed by atoms with Gasteiger partial charge in [-0.3, -0.25) is 4.79 Å². The molecule has 21 heavy (non-hydrogen) atoms. The average molecular weight is 290 g/mol. The lowest BCUT2D eigenvalue weighted by Crippen LogP contribution is -2.33. The second-order valence-electron chi connectivity index (χ2n) is 5.65. The van der Waals surface area contributed by atoms with Crippen LogP contribution in [0.5, 0.6) is 0 Å². The molecule has 0 unspecified atom stereocenters. The third kappa shape index (κ3) is 6.19. The molecule has 3 heteroatoms. The molecule has 1 aromatic carbocycles. The molecule has 0 saturated carbocycles. The normalized spacial score (nSPS) is 10.6. The fourth-order valence-electron chi connectivity index (χ4n) is 2.46. The molecule has 0 heterocycles. The highest BCUT2D eigenvalue weighted by molar-refractivity contribution is 5.99. The van der Waals surface area contributed by atoms with Crippen molar-refractivity contribution in [3.63, 3.8) is 0 Å². The molecule has 0 bridgehead atoms. The van der Waals surface area contributed by atoms with E-state index in [0.717, 1.165) is 25.9 Å². The van der Waals surface area contributed by atoms with E-state index in [1.807, 2.05) is 23.1 Å². The monoisotopic (exact) mass is 290 g/mol. The van der Waals surface area contributed by atoms with Crippen LogP contribution in [-0.4, -0.2) is 23.9 Å². The fraction of sp³-hybridized carbons (Fsp3) is 0.611. The largest absolute Gasteiger partial charge is 0.398 e. The Morgan fingerprint density at radius 2 is 1.52 bits per heavy atom. The number of amides is 1. The zero-order valence-corrected chi connectivity index (χ0v) is 13.6. The number of para-hydroxylation sites is 1. The van der Waals surface area contributed by atoms with E-state index < -0.39 is 0 Å². The number of carbonyl (C=O) groups excluding carboxylic acids is 1. The van der Waals surface area contributed by atoms with Crippen LogP contribution in [0, 0.1) is 0 Å². The zero-order chi connectivity index (χ0) is 15.5. The van der Waals surface area contributed by atoms with Crippen LogP contribution >= 0.6 is 0 Å². The Hall–Kier alpha value is -1.51. The van der Waals surface area contributed by atoms with Crippen molar-refractivity contribution in [3.8, 4) is 0 Å². The molecule has 0 radical (unpaired) electrons. The Bertz CT molecular complexity index is 417. The van der Waals surface area contributed by atoms with Gasteiger partial charge in [-0.1, -0.05) is 58.1 Å². The van der Waals surface area contributed by atoms with Crippen molar-refractivity contribution < 1.29 is 4.79 Å². The maximum absolute atomic E-state index is 12.7. The Morgan fingerprint density at radius 3 is 2.14 bits per heavy atom. The standard InChI is InChI=1S/C18H30N2O/c1-3-5-7-11-15-20(14-10-6-4-2)18(21)16-12-8-9-13-17(16)19/h8-9,12-13H,3-7,10-11,14-15,19H2,1-2H3. The van der Waals surface area contributed by atoms with Gasteiger partial charge < -0.3 is 10.6 Å². The molecule has 0 spiro atoms. The number of anilines is 1. The van der Waals surface area contributed by atoms with Gasteiger partial charge in [-0.2, -0.15) is 0 Å². The minimum atomic E-state index is 0.0840. The Labute approximate surface area is 129 Å². The first-order valence-electron chi connectivity index (χ1n) is 8.34. The topological polar surface area (TPSA) is 46.3 Å². The summed E-state index contributed by atoms with van der Waals surface area (Å²) in [6, 6.07) is 7.38. The summed E-state index contributed by atoms with van der Waals surface area (Å²) in [7, 11) is 0. The molecule has 0 atom stereocenters. The van der Waals surface area contributed by atoms with Gasteiger partial charge in [0, 0.05) is 18.8 Å². The number of hydrogen-bond acceptors (Lipinski definition) is 2. The van der Waals surface area contributed by atoms with Gasteiger partial charge in [-0.15, -0.1) is 0 Å². The Balaban J connectivity index is 2.65. The van der Waals surface area contributed by atoms with Gasteiger partial charge in [0.2, 0.25) is 0 Å². The summed E-state index contributed by atoms with van der Waals surface area (Å²) in [6.07, 6.45) is 8.15. The summed E-state index contributed by atoms with van der Waals surface area (Å²) in [5.41, 5.74) is 7.17. The van der Waals surface area contributed by atoms with Crippen molar-refractivity contribution in [2.75, 3.05) is 18.8 Å². The molecule has 2 N–H and O–H groups in total. The van der Waals surface area contributed by atoms with E-state index in [1.165, 1.54) is 32.1 Å². The lowest BCUT2D eigenvalue weighted by Gasteiger charge is -2.23. The highest BCUT2D eigenvalue weighted by Gasteiger charge is 2.16. The molecule has 0 aromatic heterocycles. The van der Waals surface area contributed by atoms with E-state index >= 15 is 0 Å².